The maximum absolute atomic E-state index is 14.4. The molecule has 10 heteroatoms. The average Bonchev–Trinajstić information content (AvgIpc) is 3.80. The molecule has 0 aliphatic carbocycles. The Balaban J connectivity index is 0.979. The number of nitrogens with zero attached hydrogens (tertiary/aromatic N) is 5. The largest absolute Gasteiger partial charge is 0.482 e. The quantitative estimate of drug-likeness (QED) is 0.232. The number of amides is 2. The summed E-state index contributed by atoms with van der Waals surface area (Å²) in [5.41, 5.74) is 4.33. The summed E-state index contributed by atoms with van der Waals surface area (Å²) in [4.78, 5) is 30.7. The number of aromatic nitrogens is 3. The first-order valence-electron chi connectivity index (χ1n) is 16.3. The van der Waals surface area contributed by atoms with E-state index in [2.05, 4.69) is 17.2 Å². The predicted octanol–water partition coefficient (Wildman–Crippen LogP) is 5.67. The highest BCUT2D eigenvalue weighted by atomic mass is 16.5. The highest BCUT2D eigenvalue weighted by Gasteiger charge is 2.59. The van der Waals surface area contributed by atoms with Gasteiger partial charge in [-0.3, -0.25) is 19.2 Å². The lowest BCUT2D eigenvalue weighted by Crippen LogP contribution is -2.43. The first-order valence-corrected chi connectivity index (χ1v) is 16.3. The maximum Gasteiger partial charge on any atom is 0.269 e. The second-order valence-corrected chi connectivity index (χ2v) is 12.7. The van der Waals surface area contributed by atoms with Crippen LogP contribution < -0.4 is 14.5 Å². The van der Waals surface area contributed by atoms with Crippen molar-refractivity contribution < 1.29 is 24.2 Å². The number of fused-ring (bicyclic) bond motifs is 3. The zero-order valence-corrected chi connectivity index (χ0v) is 26.5. The number of benzene rings is 4. The van der Waals surface area contributed by atoms with Gasteiger partial charge in [0.25, 0.3) is 11.8 Å². The Morgan fingerprint density at radius 1 is 0.917 bits per heavy atom. The van der Waals surface area contributed by atoms with Crippen LogP contribution in [-0.4, -0.2) is 44.6 Å². The van der Waals surface area contributed by atoms with Crippen molar-refractivity contribution in [3.05, 3.63) is 132 Å². The number of hydrogen-bond donors (Lipinski definition) is 1. The molecule has 1 spiro atoms. The van der Waals surface area contributed by atoms with Crippen molar-refractivity contribution in [3.8, 4) is 5.75 Å². The summed E-state index contributed by atoms with van der Waals surface area (Å²) >= 11 is 0. The Morgan fingerprint density at radius 3 is 2.46 bits per heavy atom. The van der Waals surface area contributed by atoms with E-state index < -0.39 is 11.7 Å². The van der Waals surface area contributed by atoms with E-state index in [1.54, 1.807) is 15.8 Å². The second kappa shape index (κ2) is 12.0. The van der Waals surface area contributed by atoms with Crippen LogP contribution in [0, 0.1) is 5.92 Å². The highest BCUT2D eigenvalue weighted by molar-refractivity contribution is 6.07. The maximum atomic E-state index is 14.4. The zero-order chi connectivity index (χ0) is 32.8. The first kappa shape index (κ1) is 30.0. The summed E-state index contributed by atoms with van der Waals surface area (Å²) in [5, 5.41) is 19.2. The Kier molecular flexibility index (Phi) is 7.54. The summed E-state index contributed by atoms with van der Waals surface area (Å²) in [6, 6.07) is 32.5. The van der Waals surface area contributed by atoms with E-state index in [4.69, 9.17) is 9.47 Å². The van der Waals surface area contributed by atoms with Gasteiger partial charge in [0.2, 0.25) is 0 Å². The fourth-order valence-corrected chi connectivity index (χ4v) is 7.31. The van der Waals surface area contributed by atoms with Gasteiger partial charge in [-0.2, -0.15) is 0 Å². The van der Waals surface area contributed by atoms with Gasteiger partial charge in [0.05, 0.1) is 30.2 Å². The lowest BCUT2D eigenvalue weighted by molar-refractivity contribution is -0.146. The predicted molar refractivity (Wildman–Crippen MR) is 179 cm³/mol. The van der Waals surface area contributed by atoms with Crippen molar-refractivity contribution in [2.75, 3.05) is 16.4 Å². The van der Waals surface area contributed by atoms with Crippen LogP contribution in [0.3, 0.4) is 0 Å². The Hall–Kier alpha value is -5.32. The standard InChI is InChI=1S/C38H35N5O5/c1-25-21-29(19-20-41-23-31(39-40-41)36(45)27-9-3-2-4-10-27)48-38(25)30-11-5-6-12-32(30)42(37(38)46)22-26-15-17-28(18-16-26)43-33-13-7-8-14-34(33)47-24-35(43)44/h2-18,23,25,29,36,45H,19-22,24H2,1H3/t25-,29+,36-,38+/m1/s1. The minimum atomic E-state index is -1.07. The van der Waals surface area contributed by atoms with Gasteiger partial charge in [0.15, 0.2) is 12.2 Å². The highest BCUT2D eigenvalue weighted by Crippen LogP contribution is 2.53. The summed E-state index contributed by atoms with van der Waals surface area (Å²) in [6.07, 6.45) is 2.14. The van der Waals surface area contributed by atoms with Gasteiger partial charge in [-0.25, -0.2) is 0 Å². The molecule has 1 saturated heterocycles. The van der Waals surface area contributed by atoms with Crippen LogP contribution in [0.2, 0.25) is 0 Å². The van der Waals surface area contributed by atoms with E-state index >= 15 is 0 Å². The number of anilines is 3. The minimum Gasteiger partial charge on any atom is -0.482 e. The molecule has 8 rings (SSSR count). The van der Waals surface area contributed by atoms with E-state index in [1.807, 2.05) is 108 Å². The molecule has 1 fully saturated rings. The molecule has 2 amide bonds. The third-order valence-electron chi connectivity index (χ3n) is 9.69. The molecule has 4 heterocycles. The number of para-hydroxylation sites is 3. The first-order chi connectivity index (χ1) is 23.4. The number of rotatable bonds is 8. The molecule has 10 nitrogen and oxygen atoms in total. The lowest BCUT2D eigenvalue weighted by atomic mass is 9.83. The van der Waals surface area contributed by atoms with E-state index in [9.17, 15) is 14.7 Å². The normalized spacial score (nSPS) is 22.1. The zero-order valence-electron chi connectivity index (χ0n) is 26.5. The smallest absolute Gasteiger partial charge is 0.269 e. The molecule has 3 aliphatic rings. The van der Waals surface area contributed by atoms with Gasteiger partial charge in [-0.15, -0.1) is 5.10 Å². The fourth-order valence-electron chi connectivity index (χ4n) is 7.31. The molecule has 3 aliphatic heterocycles. The second-order valence-electron chi connectivity index (χ2n) is 12.7. The van der Waals surface area contributed by atoms with Crippen LogP contribution >= 0.6 is 0 Å². The molecule has 0 unspecified atom stereocenters. The van der Waals surface area contributed by atoms with Crippen molar-refractivity contribution in [2.45, 2.75) is 50.7 Å². The number of aryl methyl sites for hydroxylation is 1. The molecule has 4 aromatic carbocycles. The van der Waals surface area contributed by atoms with Crippen molar-refractivity contribution in [2.24, 2.45) is 5.92 Å². The van der Waals surface area contributed by atoms with Crippen molar-refractivity contribution in [1.82, 2.24) is 15.0 Å². The van der Waals surface area contributed by atoms with Crippen molar-refractivity contribution in [3.63, 3.8) is 0 Å². The van der Waals surface area contributed by atoms with E-state index in [1.165, 1.54) is 0 Å². The molecule has 242 valence electrons. The fraction of sp³-hybridized carbons (Fsp3) is 0.263. The SMILES string of the molecule is C[C@@H]1C[C@H](CCn2cc([C@H](O)c3ccccc3)nn2)O[C@@]12C(=O)N(Cc1ccc(N3C(=O)COc4ccccc43)cc1)c1ccccc12. The van der Waals surface area contributed by atoms with Crippen LogP contribution in [0.15, 0.2) is 109 Å². The molecule has 4 atom stereocenters. The summed E-state index contributed by atoms with van der Waals surface area (Å²) in [7, 11) is 0. The van der Waals surface area contributed by atoms with Crippen molar-refractivity contribution >= 4 is 28.9 Å². The molecular weight excluding hydrogens is 606 g/mol. The number of hydrogen-bond acceptors (Lipinski definition) is 7. The Morgan fingerprint density at radius 2 is 1.65 bits per heavy atom. The lowest BCUT2D eigenvalue weighted by Gasteiger charge is -2.29. The number of aliphatic hydroxyl groups excluding tert-OH is 1. The Bertz CT molecular complexity index is 1980. The van der Waals surface area contributed by atoms with Gasteiger partial charge in [0.1, 0.15) is 17.5 Å². The van der Waals surface area contributed by atoms with Crippen LogP contribution in [0.4, 0.5) is 17.1 Å². The number of carbonyl (C=O) groups is 2. The molecule has 5 aromatic rings. The number of aliphatic hydroxyl groups is 1. The van der Waals surface area contributed by atoms with Crippen molar-refractivity contribution in [1.29, 1.82) is 0 Å². The van der Waals surface area contributed by atoms with Crippen LogP contribution in [-0.2, 0) is 33.0 Å². The molecular formula is C38H35N5O5. The summed E-state index contributed by atoms with van der Waals surface area (Å²) in [6.45, 7) is 2.99. The molecule has 48 heavy (non-hydrogen) atoms. The number of ether oxygens (including phenoxy) is 2. The Labute approximate surface area is 278 Å². The third kappa shape index (κ3) is 5.04. The molecule has 0 radical (unpaired) electrons. The van der Waals surface area contributed by atoms with Gasteiger partial charge >= 0.3 is 0 Å². The van der Waals surface area contributed by atoms with E-state index in [0.29, 0.717) is 36.6 Å². The molecule has 1 aromatic heterocycles. The average molecular weight is 642 g/mol. The summed E-state index contributed by atoms with van der Waals surface area (Å²) < 4.78 is 14.1. The topological polar surface area (TPSA) is 110 Å². The van der Waals surface area contributed by atoms with Crippen LogP contribution in [0.5, 0.6) is 5.75 Å². The van der Waals surface area contributed by atoms with Gasteiger partial charge in [-0.05, 0) is 54.3 Å². The third-order valence-corrected chi connectivity index (χ3v) is 9.69. The molecule has 0 bridgehead atoms. The van der Waals surface area contributed by atoms with E-state index in [0.717, 1.165) is 34.5 Å². The molecule has 1 N–H and O–H groups in total. The minimum absolute atomic E-state index is 0.0175. The van der Waals surface area contributed by atoms with E-state index in [-0.39, 0.29) is 30.4 Å². The molecule has 0 saturated carbocycles. The van der Waals surface area contributed by atoms with Gasteiger partial charge in [0, 0.05) is 23.7 Å². The monoisotopic (exact) mass is 641 g/mol. The van der Waals surface area contributed by atoms with Crippen LogP contribution in [0.1, 0.15) is 48.3 Å². The van der Waals surface area contributed by atoms with Gasteiger partial charge in [-0.1, -0.05) is 84.9 Å². The summed E-state index contributed by atoms with van der Waals surface area (Å²) in [5.74, 6) is 0.432. The van der Waals surface area contributed by atoms with Gasteiger partial charge < -0.3 is 19.5 Å². The van der Waals surface area contributed by atoms with Crippen LogP contribution in [0.25, 0.3) is 0 Å². The number of carbonyl (C=O) groups excluding carboxylic acids is 2.